The zero-order chi connectivity index (χ0) is 12.0. The van der Waals surface area contributed by atoms with Crippen LogP contribution in [-0.2, 0) is 4.79 Å². The summed E-state index contributed by atoms with van der Waals surface area (Å²) in [6, 6.07) is -0.121. The smallest absolute Gasteiger partial charge is 0.239 e. The Bertz CT molecular complexity index is 217. The molecular weight excluding hydrogens is 207 g/mol. The van der Waals surface area contributed by atoms with Crippen LogP contribution in [0, 0.1) is 0 Å². The summed E-state index contributed by atoms with van der Waals surface area (Å²) >= 11 is 0. The molecule has 1 unspecified atom stereocenters. The van der Waals surface area contributed by atoms with Crippen molar-refractivity contribution >= 4 is 5.91 Å². The van der Waals surface area contributed by atoms with Gasteiger partial charge in [-0.05, 0) is 13.5 Å². The molecule has 3 nitrogen and oxygen atoms in total. The van der Waals surface area contributed by atoms with Crippen molar-refractivity contribution < 1.29 is 9.18 Å². The number of unbranched alkanes of at least 4 members (excludes halogenated alkanes) is 3. The molecule has 0 spiro atoms. The Morgan fingerprint density at radius 2 is 2.12 bits per heavy atom. The maximum atomic E-state index is 12.6. The minimum absolute atomic E-state index is 0.0629. The molecule has 0 bridgehead atoms. The molecule has 1 aliphatic rings. The van der Waals surface area contributed by atoms with Gasteiger partial charge in [-0.25, -0.2) is 4.39 Å². The van der Waals surface area contributed by atoms with Gasteiger partial charge in [0.2, 0.25) is 5.91 Å². The fraction of sp³-hybridized carbons (Fsp3) is 0.917. The Kier molecular flexibility index (Phi) is 5.74. The van der Waals surface area contributed by atoms with Crippen LogP contribution in [0.4, 0.5) is 4.39 Å². The minimum Gasteiger partial charge on any atom is -0.335 e. The van der Waals surface area contributed by atoms with Gasteiger partial charge in [0, 0.05) is 0 Å². The van der Waals surface area contributed by atoms with Crippen molar-refractivity contribution in [2.75, 3.05) is 20.1 Å². The van der Waals surface area contributed by atoms with E-state index in [1.807, 2.05) is 0 Å². The van der Waals surface area contributed by atoms with Crippen molar-refractivity contribution in [2.45, 2.75) is 51.2 Å². The third kappa shape index (κ3) is 3.74. The van der Waals surface area contributed by atoms with Gasteiger partial charge in [-0.3, -0.25) is 4.79 Å². The van der Waals surface area contributed by atoms with Gasteiger partial charge in [-0.2, -0.15) is 0 Å². The van der Waals surface area contributed by atoms with Gasteiger partial charge in [0.05, 0.1) is 19.1 Å². The molecule has 4 heteroatoms. The van der Waals surface area contributed by atoms with E-state index in [0.29, 0.717) is 0 Å². The number of nitrogens with zero attached hydrogens (tertiary/aromatic N) is 1. The monoisotopic (exact) mass is 230 g/mol. The van der Waals surface area contributed by atoms with Crippen molar-refractivity contribution in [2.24, 2.45) is 0 Å². The number of nitrogens with one attached hydrogen (secondary N) is 1. The van der Waals surface area contributed by atoms with Crippen LogP contribution >= 0.6 is 0 Å². The lowest BCUT2D eigenvalue weighted by Gasteiger charge is -2.36. The highest BCUT2D eigenvalue weighted by atomic mass is 19.1. The SMILES string of the molecule is CCCCCCC(NC)C(=O)N1CC(F)C1. The maximum Gasteiger partial charge on any atom is 0.239 e. The molecule has 1 rings (SSSR count). The summed E-state index contributed by atoms with van der Waals surface area (Å²) in [7, 11) is 1.80. The van der Waals surface area contributed by atoms with E-state index >= 15 is 0 Å². The Balaban J connectivity index is 2.22. The number of halogens is 1. The predicted octanol–water partition coefficient (Wildman–Crippen LogP) is 1.73. The molecule has 1 fully saturated rings. The lowest BCUT2D eigenvalue weighted by molar-refractivity contribution is -0.140. The second-order valence-corrected chi connectivity index (χ2v) is 4.53. The Morgan fingerprint density at radius 3 is 2.62 bits per heavy atom. The standard InChI is InChI=1S/C12H23FN2O/c1-3-4-5-6-7-11(14-2)12(16)15-8-10(13)9-15/h10-11,14H,3-9H2,1-2H3. The number of hydrogen-bond donors (Lipinski definition) is 1. The van der Waals surface area contributed by atoms with Gasteiger partial charge in [-0.15, -0.1) is 0 Å². The third-order valence-electron chi connectivity index (χ3n) is 3.14. The number of carbonyl (C=O) groups is 1. The second-order valence-electron chi connectivity index (χ2n) is 4.53. The summed E-state index contributed by atoms with van der Waals surface area (Å²) in [6.45, 7) is 2.74. The fourth-order valence-electron chi connectivity index (χ4n) is 1.99. The molecule has 1 amide bonds. The molecule has 1 saturated heterocycles. The predicted molar refractivity (Wildman–Crippen MR) is 63.1 cm³/mol. The van der Waals surface area contributed by atoms with Gasteiger partial charge in [-0.1, -0.05) is 32.6 Å². The first-order valence-electron chi connectivity index (χ1n) is 6.29. The quantitative estimate of drug-likeness (QED) is 0.675. The Morgan fingerprint density at radius 1 is 1.44 bits per heavy atom. The van der Waals surface area contributed by atoms with E-state index in [0.717, 1.165) is 12.8 Å². The van der Waals surface area contributed by atoms with Gasteiger partial charge >= 0.3 is 0 Å². The topological polar surface area (TPSA) is 32.3 Å². The van der Waals surface area contributed by atoms with Crippen LogP contribution in [0.5, 0.6) is 0 Å². The van der Waals surface area contributed by atoms with E-state index in [2.05, 4.69) is 12.2 Å². The van der Waals surface area contributed by atoms with E-state index in [9.17, 15) is 9.18 Å². The molecule has 0 aromatic rings. The van der Waals surface area contributed by atoms with Crippen LogP contribution in [0.2, 0.25) is 0 Å². The number of hydrogen-bond acceptors (Lipinski definition) is 2. The molecule has 16 heavy (non-hydrogen) atoms. The van der Waals surface area contributed by atoms with Crippen molar-refractivity contribution in [3.63, 3.8) is 0 Å². The van der Waals surface area contributed by atoms with Gasteiger partial charge in [0.1, 0.15) is 6.17 Å². The molecule has 1 heterocycles. The Labute approximate surface area is 97.4 Å². The zero-order valence-electron chi connectivity index (χ0n) is 10.3. The van der Waals surface area contributed by atoms with Gasteiger partial charge < -0.3 is 10.2 Å². The van der Waals surface area contributed by atoms with Crippen LogP contribution in [0.15, 0.2) is 0 Å². The van der Waals surface area contributed by atoms with Crippen LogP contribution in [0.25, 0.3) is 0 Å². The van der Waals surface area contributed by atoms with Crippen molar-refractivity contribution in [3.05, 3.63) is 0 Å². The summed E-state index contributed by atoms with van der Waals surface area (Å²) in [6.07, 6.45) is 4.73. The van der Waals surface area contributed by atoms with Crippen molar-refractivity contribution in [3.8, 4) is 0 Å². The zero-order valence-corrected chi connectivity index (χ0v) is 10.3. The molecule has 1 atom stereocenters. The first-order valence-corrected chi connectivity index (χ1v) is 6.29. The van der Waals surface area contributed by atoms with Gasteiger partial charge in [0.15, 0.2) is 0 Å². The highest BCUT2D eigenvalue weighted by Crippen LogP contribution is 2.15. The average Bonchev–Trinajstić information content (AvgIpc) is 2.24. The fourth-order valence-corrected chi connectivity index (χ4v) is 1.99. The molecule has 1 N–H and O–H groups in total. The summed E-state index contributed by atoms with van der Waals surface area (Å²) < 4.78 is 12.6. The Hall–Kier alpha value is -0.640. The first-order chi connectivity index (χ1) is 7.69. The number of likely N-dealkylation sites (tertiary alicyclic amines) is 1. The molecular formula is C12H23FN2O. The molecule has 1 aliphatic heterocycles. The molecule has 94 valence electrons. The molecule has 0 aliphatic carbocycles. The summed E-state index contributed by atoms with van der Waals surface area (Å²) in [5.41, 5.74) is 0. The summed E-state index contributed by atoms with van der Waals surface area (Å²) in [5, 5.41) is 3.03. The van der Waals surface area contributed by atoms with Gasteiger partial charge in [0.25, 0.3) is 0 Å². The van der Waals surface area contributed by atoms with Crippen molar-refractivity contribution in [1.82, 2.24) is 10.2 Å². The van der Waals surface area contributed by atoms with Crippen LogP contribution in [0.1, 0.15) is 39.0 Å². The summed E-state index contributed by atoms with van der Waals surface area (Å²) in [4.78, 5) is 13.5. The highest BCUT2D eigenvalue weighted by molar-refractivity contribution is 5.82. The highest BCUT2D eigenvalue weighted by Gasteiger charge is 2.33. The number of amides is 1. The van der Waals surface area contributed by atoms with Crippen molar-refractivity contribution in [1.29, 1.82) is 0 Å². The van der Waals surface area contributed by atoms with Crippen LogP contribution in [0.3, 0.4) is 0 Å². The minimum atomic E-state index is -0.804. The molecule has 0 saturated carbocycles. The lowest BCUT2D eigenvalue weighted by Crippen LogP contribution is -2.56. The van der Waals surface area contributed by atoms with E-state index in [-0.39, 0.29) is 25.0 Å². The van der Waals surface area contributed by atoms with E-state index < -0.39 is 6.17 Å². The van der Waals surface area contributed by atoms with Crippen LogP contribution < -0.4 is 5.32 Å². The summed E-state index contributed by atoms with van der Waals surface area (Å²) in [5.74, 6) is 0.0629. The molecule has 0 aromatic heterocycles. The lowest BCUT2D eigenvalue weighted by atomic mass is 10.0. The first kappa shape index (κ1) is 13.4. The van der Waals surface area contributed by atoms with E-state index in [1.54, 1.807) is 11.9 Å². The normalized spacial score (nSPS) is 18.3. The number of likely N-dealkylation sites (N-methyl/N-ethyl adjacent to an activating group) is 1. The number of alkyl halides is 1. The van der Waals surface area contributed by atoms with Crippen LogP contribution in [-0.4, -0.2) is 43.2 Å². The number of carbonyl (C=O) groups excluding carboxylic acids is 1. The molecule has 0 radical (unpaired) electrons. The largest absolute Gasteiger partial charge is 0.335 e. The van der Waals surface area contributed by atoms with E-state index in [4.69, 9.17) is 0 Å². The third-order valence-corrected chi connectivity index (χ3v) is 3.14. The number of rotatable bonds is 7. The second kappa shape index (κ2) is 6.84. The maximum absolute atomic E-state index is 12.6. The average molecular weight is 230 g/mol. The molecule has 0 aromatic carbocycles. The van der Waals surface area contributed by atoms with E-state index in [1.165, 1.54) is 19.3 Å².